The molecule has 5 heteroatoms. The first kappa shape index (κ1) is 13.4. The molecular weight excluding hydrogens is 266 g/mol. The summed E-state index contributed by atoms with van der Waals surface area (Å²) in [6.45, 7) is 0. The van der Waals surface area contributed by atoms with Crippen LogP contribution in [0.1, 0.15) is 19.3 Å². The summed E-state index contributed by atoms with van der Waals surface area (Å²) in [5.41, 5.74) is 6.32. The molecule has 3 rings (SSSR count). The molecule has 21 heavy (non-hydrogen) atoms. The smallest absolute Gasteiger partial charge is 0.228 e. The highest BCUT2D eigenvalue weighted by molar-refractivity contribution is 5.92. The third-order valence-electron chi connectivity index (χ3n) is 3.57. The van der Waals surface area contributed by atoms with E-state index in [2.05, 4.69) is 10.3 Å². The molecule has 1 aromatic carbocycles. The molecule has 2 aromatic rings. The summed E-state index contributed by atoms with van der Waals surface area (Å²) in [6.07, 6.45) is 4.68. The van der Waals surface area contributed by atoms with Gasteiger partial charge in [0, 0.05) is 23.9 Å². The molecule has 0 bridgehead atoms. The van der Waals surface area contributed by atoms with Crippen molar-refractivity contribution in [2.75, 3.05) is 11.1 Å². The normalized spacial score (nSPS) is 14.3. The van der Waals surface area contributed by atoms with Gasteiger partial charge in [0.25, 0.3) is 0 Å². The lowest BCUT2D eigenvalue weighted by atomic mass is 9.85. The molecule has 1 aromatic heterocycles. The number of benzene rings is 1. The number of carbonyl (C=O) groups is 1. The minimum atomic E-state index is 0.0402. The molecule has 108 valence electrons. The van der Waals surface area contributed by atoms with E-state index in [1.807, 2.05) is 0 Å². The Morgan fingerprint density at radius 1 is 1.19 bits per heavy atom. The molecule has 0 atom stereocenters. The summed E-state index contributed by atoms with van der Waals surface area (Å²) in [7, 11) is 0. The van der Waals surface area contributed by atoms with Crippen molar-refractivity contribution in [3.63, 3.8) is 0 Å². The standard InChI is InChI=1S/C16H17N3O2/c17-12-4-6-13(7-5-12)21-14-8-9-18-15(10-14)19-16(20)11-2-1-3-11/h4-11H,1-3,17H2,(H,18,19,20). The van der Waals surface area contributed by atoms with Gasteiger partial charge in [-0.25, -0.2) is 4.98 Å². The van der Waals surface area contributed by atoms with Gasteiger partial charge in [-0.1, -0.05) is 6.42 Å². The second kappa shape index (κ2) is 5.83. The van der Waals surface area contributed by atoms with E-state index in [0.29, 0.717) is 23.0 Å². The molecule has 5 nitrogen and oxygen atoms in total. The van der Waals surface area contributed by atoms with E-state index in [4.69, 9.17) is 10.5 Å². The Morgan fingerprint density at radius 2 is 1.95 bits per heavy atom. The van der Waals surface area contributed by atoms with Crippen LogP contribution in [-0.4, -0.2) is 10.9 Å². The number of nitrogens with two attached hydrogens (primary N) is 1. The van der Waals surface area contributed by atoms with Crippen molar-refractivity contribution in [3.05, 3.63) is 42.6 Å². The maximum absolute atomic E-state index is 11.9. The van der Waals surface area contributed by atoms with E-state index in [-0.39, 0.29) is 11.8 Å². The monoisotopic (exact) mass is 283 g/mol. The zero-order chi connectivity index (χ0) is 14.7. The van der Waals surface area contributed by atoms with Crippen LogP contribution in [0.5, 0.6) is 11.5 Å². The van der Waals surface area contributed by atoms with Crippen molar-refractivity contribution in [2.24, 2.45) is 5.92 Å². The Morgan fingerprint density at radius 3 is 2.62 bits per heavy atom. The Labute approximate surface area is 123 Å². The van der Waals surface area contributed by atoms with Crippen molar-refractivity contribution in [1.29, 1.82) is 0 Å². The lowest BCUT2D eigenvalue weighted by Crippen LogP contribution is -2.28. The van der Waals surface area contributed by atoms with Crippen LogP contribution in [0.4, 0.5) is 11.5 Å². The fraction of sp³-hybridized carbons (Fsp3) is 0.250. The Hall–Kier alpha value is -2.56. The van der Waals surface area contributed by atoms with Gasteiger partial charge in [-0.3, -0.25) is 4.79 Å². The van der Waals surface area contributed by atoms with E-state index in [0.717, 1.165) is 19.3 Å². The second-order valence-corrected chi connectivity index (χ2v) is 5.16. The van der Waals surface area contributed by atoms with Crippen LogP contribution < -0.4 is 15.8 Å². The van der Waals surface area contributed by atoms with Crippen LogP contribution in [0, 0.1) is 5.92 Å². The number of nitrogens with one attached hydrogen (secondary N) is 1. The molecule has 1 amide bonds. The predicted molar refractivity (Wildman–Crippen MR) is 81.1 cm³/mol. The molecule has 1 fully saturated rings. The topological polar surface area (TPSA) is 77.2 Å². The zero-order valence-corrected chi connectivity index (χ0v) is 11.6. The highest BCUT2D eigenvalue weighted by Crippen LogP contribution is 2.28. The Kier molecular flexibility index (Phi) is 3.73. The lowest BCUT2D eigenvalue weighted by molar-refractivity contribution is -0.122. The quantitative estimate of drug-likeness (QED) is 0.845. The molecule has 0 spiro atoms. The van der Waals surface area contributed by atoms with E-state index < -0.39 is 0 Å². The first-order chi connectivity index (χ1) is 10.2. The van der Waals surface area contributed by atoms with Crippen LogP contribution >= 0.6 is 0 Å². The van der Waals surface area contributed by atoms with E-state index in [1.165, 1.54) is 0 Å². The highest BCUT2D eigenvalue weighted by Gasteiger charge is 2.25. The van der Waals surface area contributed by atoms with Gasteiger partial charge < -0.3 is 15.8 Å². The summed E-state index contributed by atoms with van der Waals surface area (Å²) in [6, 6.07) is 10.6. The van der Waals surface area contributed by atoms with Gasteiger partial charge in [0.2, 0.25) is 5.91 Å². The van der Waals surface area contributed by atoms with Crippen LogP contribution in [-0.2, 0) is 4.79 Å². The maximum Gasteiger partial charge on any atom is 0.228 e. The van der Waals surface area contributed by atoms with Gasteiger partial charge in [0.1, 0.15) is 17.3 Å². The summed E-state index contributed by atoms with van der Waals surface area (Å²) >= 11 is 0. The first-order valence-corrected chi connectivity index (χ1v) is 7.01. The molecule has 0 radical (unpaired) electrons. The average molecular weight is 283 g/mol. The number of amides is 1. The van der Waals surface area contributed by atoms with Crippen LogP contribution in [0.3, 0.4) is 0 Å². The summed E-state index contributed by atoms with van der Waals surface area (Å²) in [5.74, 6) is 2.00. The highest BCUT2D eigenvalue weighted by atomic mass is 16.5. The molecule has 1 saturated carbocycles. The van der Waals surface area contributed by atoms with Crippen molar-refractivity contribution in [2.45, 2.75) is 19.3 Å². The molecule has 0 aliphatic heterocycles. The molecule has 3 N–H and O–H groups in total. The van der Waals surface area contributed by atoms with Crippen molar-refractivity contribution in [1.82, 2.24) is 4.98 Å². The van der Waals surface area contributed by atoms with Gasteiger partial charge >= 0.3 is 0 Å². The number of anilines is 2. The fourth-order valence-corrected chi connectivity index (χ4v) is 2.11. The third kappa shape index (κ3) is 3.31. The Bertz CT molecular complexity index is 636. The molecule has 1 heterocycles. The van der Waals surface area contributed by atoms with Crippen LogP contribution in [0.2, 0.25) is 0 Å². The van der Waals surface area contributed by atoms with E-state index in [9.17, 15) is 4.79 Å². The number of aromatic nitrogens is 1. The number of hydrogen-bond acceptors (Lipinski definition) is 4. The van der Waals surface area contributed by atoms with Gasteiger partial charge in [-0.2, -0.15) is 0 Å². The number of rotatable bonds is 4. The second-order valence-electron chi connectivity index (χ2n) is 5.16. The molecule has 0 saturated heterocycles. The van der Waals surface area contributed by atoms with Crippen molar-refractivity contribution in [3.8, 4) is 11.5 Å². The van der Waals surface area contributed by atoms with Gasteiger partial charge in [-0.15, -0.1) is 0 Å². The average Bonchev–Trinajstić information content (AvgIpc) is 2.40. The number of pyridine rings is 1. The van der Waals surface area contributed by atoms with Crippen LogP contribution in [0.15, 0.2) is 42.6 Å². The Balaban J connectivity index is 1.67. The minimum absolute atomic E-state index is 0.0402. The molecule has 1 aliphatic rings. The zero-order valence-electron chi connectivity index (χ0n) is 11.6. The number of hydrogen-bond donors (Lipinski definition) is 2. The number of nitrogen functional groups attached to an aromatic ring is 1. The summed E-state index contributed by atoms with van der Waals surface area (Å²) in [4.78, 5) is 16.0. The number of ether oxygens (including phenoxy) is 1. The molecular formula is C16H17N3O2. The molecule has 1 aliphatic carbocycles. The maximum atomic E-state index is 11.9. The largest absolute Gasteiger partial charge is 0.457 e. The van der Waals surface area contributed by atoms with Gasteiger partial charge in [-0.05, 0) is 43.2 Å². The van der Waals surface area contributed by atoms with E-state index in [1.54, 1.807) is 42.6 Å². The molecule has 0 unspecified atom stereocenters. The summed E-state index contributed by atoms with van der Waals surface area (Å²) < 4.78 is 5.71. The van der Waals surface area contributed by atoms with Crippen LogP contribution in [0.25, 0.3) is 0 Å². The number of nitrogens with zero attached hydrogens (tertiary/aromatic N) is 1. The SMILES string of the molecule is Nc1ccc(Oc2ccnc(NC(=O)C3CCC3)c2)cc1. The summed E-state index contributed by atoms with van der Waals surface area (Å²) in [5, 5.41) is 2.83. The first-order valence-electron chi connectivity index (χ1n) is 7.01. The fourth-order valence-electron chi connectivity index (χ4n) is 2.11. The van der Waals surface area contributed by atoms with Gasteiger partial charge in [0.15, 0.2) is 0 Å². The van der Waals surface area contributed by atoms with Gasteiger partial charge in [0.05, 0.1) is 0 Å². The predicted octanol–water partition coefficient (Wildman–Crippen LogP) is 3.19. The van der Waals surface area contributed by atoms with Crippen molar-refractivity contribution >= 4 is 17.4 Å². The third-order valence-corrected chi connectivity index (χ3v) is 3.57. The number of carbonyl (C=O) groups excluding carboxylic acids is 1. The van der Waals surface area contributed by atoms with Crippen molar-refractivity contribution < 1.29 is 9.53 Å². The lowest BCUT2D eigenvalue weighted by Gasteiger charge is -2.23. The van der Waals surface area contributed by atoms with E-state index >= 15 is 0 Å². The minimum Gasteiger partial charge on any atom is -0.457 e.